The van der Waals surface area contributed by atoms with Crippen LogP contribution < -0.4 is 0 Å². The molecule has 2 nitrogen and oxygen atoms in total. The maximum absolute atomic E-state index is 9.19. The fraction of sp³-hybridized carbons (Fsp3) is 1.00. The average molecular weight is 185 g/mol. The van der Waals surface area contributed by atoms with E-state index >= 15 is 0 Å². The minimum Gasteiger partial charge on any atom is -0.396 e. The molecule has 1 rings (SSSR count). The molecule has 1 unspecified atom stereocenters. The van der Waals surface area contributed by atoms with Crippen molar-refractivity contribution in [3.05, 3.63) is 0 Å². The molecule has 0 amide bonds. The zero-order chi connectivity index (χ0) is 9.90. The highest BCUT2D eigenvalue weighted by molar-refractivity contribution is 4.80. The van der Waals surface area contributed by atoms with Crippen LogP contribution in [0, 0.1) is 5.41 Å². The summed E-state index contributed by atoms with van der Waals surface area (Å²) in [5.41, 5.74) is 0.0935. The van der Waals surface area contributed by atoms with Gasteiger partial charge in [0.25, 0.3) is 0 Å². The van der Waals surface area contributed by atoms with Crippen LogP contribution in [-0.4, -0.2) is 36.2 Å². The summed E-state index contributed by atoms with van der Waals surface area (Å²) < 4.78 is 0. The number of rotatable bonds is 3. The molecule has 1 aliphatic heterocycles. The molecule has 13 heavy (non-hydrogen) atoms. The lowest BCUT2D eigenvalue weighted by Crippen LogP contribution is -2.40. The van der Waals surface area contributed by atoms with Gasteiger partial charge in [0, 0.05) is 12.6 Å². The summed E-state index contributed by atoms with van der Waals surface area (Å²) in [5, 5.41) is 9.19. The van der Waals surface area contributed by atoms with E-state index < -0.39 is 0 Å². The van der Waals surface area contributed by atoms with Gasteiger partial charge in [0.1, 0.15) is 0 Å². The predicted octanol–water partition coefficient (Wildman–Crippen LogP) is 1.88. The Kier molecular flexibility index (Phi) is 3.74. The van der Waals surface area contributed by atoms with Gasteiger partial charge in [0.2, 0.25) is 0 Å². The largest absolute Gasteiger partial charge is 0.396 e. The van der Waals surface area contributed by atoms with Gasteiger partial charge >= 0.3 is 0 Å². The molecule has 1 heterocycles. The van der Waals surface area contributed by atoms with Crippen molar-refractivity contribution in [2.75, 3.05) is 20.2 Å². The van der Waals surface area contributed by atoms with Gasteiger partial charge < -0.3 is 10.0 Å². The number of hydrogen-bond donors (Lipinski definition) is 1. The summed E-state index contributed by atoms with van der Waals surface area (Å²) in [6, 6.07) is 0.691. The Morgan fingerprint density at radius 3 is 2.62 bits per heavy atom. The highest BCUT2D eigenvalue weighted by atomic mass is 16.3. The smallest absolute Gasteiger partial charge is 0.0482 e. The van der Waals surface area contributed by atoms with E-state index in [9.17, 15) is 5.11 Å². The minimum absolute atomic E-state index is 0.0935. The number of likely N-dealkylation sites (tertiary alicyclic amines) is 1. The van der Waals surface area contributed by atoms with E-state index in [4.69, 9.17) is 0 Å². The lowest BCUT2D eigenvalue weighted by molar-refractivity contribution is 0.0867. The number of hydrogen-bond acceptors (Lipinski definition) is 2. The second-order valence-corrected chi connectivity index (χ2v) is 5.16. The highest BCUT2D eigenvalue weighted by Crippen LogP contribution is 2.28. The first kappa shape index (κ1) is 11.0. The van der Waals surface area contributed by atoms with Gasteiger partial charge in [-0.1, -0.05) is 20.3 Å². The van der Waals surface area contributed by atoms with Crippen LogP contribution in [-0.2, 0) is 0 Å². The van der Waals surface area contributed by atoms with E-state index in [1.807, 2.05) is 0 Å². The van der Waals surface area contributed by atoms with E-state index in [-0.39, 0.29) is 5.41 Å². The van der Waals surface area contributed by atoms with E-state index in [0.29, 0.717) is 12.6 Å². The van der Waals surface area contributed by atoms with Crippen molar-refractivity contribution < 1.29 is 5.11 Å². The van der Waals surface area contributed by atoms with Crippen LogP contribution in [0.1, 0.15) is 39.5 Å². The van der Waals surface area contributed by atoms with Gasteiger partial charge in [-0.3, -0.25) is 0 Å². The number of nitrogens with zero attached hydrogens (tertiary/aromatic N) is 1. The Morgan fingerprint density at radius 2 is 2.08 bits per heavy atom. The Labute approximate surface area is 81.9 Å². The van der Waals surface area contributed by atoms with Crippen LogP contribution in [0.5, 0.6) is 0 Å². The fourth-order valence-corrected chi connectivity index (χ4v) is 2.10. The van der Waals surface area contributed by atoms with Crippen molar-refractivity contribution in [3.8, 4) is 0 Å². The summed E-state index contributed by atoms with van der Waals surface area (Å²) in [6.07, 6.45) is 5.13. The molecule has 0 radical (unpaired) electrons. The summed E-state index contributed by atoms with van der Waals surface area (Å²) in [5.74, 6) is 0. The van der Waals surface area contributed by atoms with E-state index in [2.05, 4.69) is 25.8 Å². The zero-order valence-corrected chi connectivity index (χ0v) is 9.21. The Hall–Kier alpha value is -0.0800. The second kappa shape index (κ2) is 4.43. The molecule has 0 saturated carbocycles. The third kappa shape index (κ3) is 3.28. The molecule has 0 aromatic heterocycles. The summed E-state index contributed by atoms with van der Waals surface area (Å²) in [4.78, 5) is 2.45. The molecule has 1 fully saturated rings. The molecule has 0 aromatic rings. The second-order valence-electron chi connectivity index (χ2n) is 5.16. The first-order valence-electron chi connectivity index (χ1n) is 5.36. The first-order valence-corrected chi connectivity index (χ1v) is 5.36. The average Bonchev–Trinajstić information content (AvgIpc) is 2.09. The molecular weight excluding hydrogens is 162 g/mol. The normalized spacial score (nSPS) is 26.3. The van der Waals surface area contributed by atoms with Crippen LogP contribution in [0.3, 0.4) is 0 Å². The SMILES string of the molecule is CN1CCCCC1CC(C)(C)CO. The maximum atomic E-state index is 9.19. The van der Waals surface area contributed by atoms with Gasteiger partial charge in [0.15, 0.2) is 0 Å². The third-order valence-corrected chi connectivity index (χ3v) is 3.14. The van der Waals surface area contributed by atoms with Crippen LogP contribution in [0.25, 0.3) is 0 Å². The minimum atomic E-state index is 0.0935. The summed E-state index contributed by atoms with van der Waals surface area (Å²) in [6.45, 7) is 5.83. The van der Waals surface area contributed by atoms with Gasteiger partial charge in [-0.2, -0.15) is 0 Å². The maximum Gasteiger partial charge on any atom is 0.0482 e. The van der Waals surface area contributed by atoms with Crippen LogP contribution in [0.15, 0.2) is 0 Å². The lowest BCUT2D eigenvalue weighted by atomic mass is 9.83. The molecule has 1 N–H and O–H groups in total. The Bertz CT molecular complexity index is 156. The van der Waals surface area contributed by atoms with Crippen LogP contribution in [0.2, 0.25) is 0 Å². The van der Waals surface area contributed by atoms with Crippen molar-refractivity contribution in [3.63, 3.8) is 0 Å². The highest BCUT2D eigenvalue weighted by Gasteiger charge is 2.26. The van der Waals surface area contributed by atoms with Crippen molar-refractivity contribution in [2.24, 2.45) is 5.41 Å². The van der Waals surface area contributed by atoms with Gasteiger partial charge in [-0.15, -0.1) is 0 Å². The van der Waals surface area contributed by atoms with Crippen molar-refractivity contribution in [2.45, 2.75) is 45.6 Å². The topological polar surface area (TPSA) is 23.5 Å². The third-order valence-electron chi connectivity index (χ3n) is 3.14. The number of aliphatic hydroxyl groups excluding tert-OH is 1. The van der Waals surface area contributed by atoms with Gasteiger partial charge in [-0.25, -0.2) is 0 Å². The molecule has 0 spiro atoms. The fourth-order valence-electron chi connectivity index (χ4n) is 2.10. The van der Waals surface area contributed by atoms with Gasteiger partial charge in [0.05, 0.1) is 0 Å². The van der Waals surface area contributed by atoms with Gasteiger partial charge in [-0.05, 0) is 38.3 Å². The predicted molar refractivity (Wildman–Crippen MR) is 55.8 cm³/mol. The zero-order valence-electron chi connectivity index (χ0n) is 9.21. The first-order chi connectivity index (χ1) is 6.05. The van der Waals surface area contributed by atoms with E-state index in [1.54, 1.807) is 0 Å². The van der Waals surface area contributed by atoms with Crippen molar-refractivity contribution in [1.82, 2.24) is 4.90 Å². The molecule has 0 aliphatic carbocycles. The summed E-state index contributed by atoms with van der Waals surface area (Å²) >= 11 is 0. The van der Waals surface area contributed by atoms with E-state index in [1.165, 1.54) is 25.8 Å². The quantitative estimate of drug-likeness (QED) is 0.725. The van der Waals surface area contributed by atoms with E-state index in [0.717, 1.165) is 6.42 Å². The lowest BCUT2D eigenvalue weighted by Gasteiger charge is -2.37. The number of piperidine rings is 1. The van der Waals surface area contributed by atoms with Crippen LogP contribution >= 0.6 is 0 Å². The Morgan fingerprint density at radius 1 is 1.38 bits per heavy atom. The Balaban J connectivity index is 2.42. The van der Waals surface area contributed by atoms with Crippen molar-refractivity contribution in [1.29, 1.82) is 0 Å². The number of aliphatic hydroxyl groups is 1. The molecule has 1 aliphatic rings. The van der Waals surface area contributed by atoms with Crippen molar-refractivity contribution >= 4 is 0 Å². The molecule has 2 heteroatoms. The monoisotopic (exact) mass is 185 g/mol. The standard InChI is InChI=1S/C11H23NO/c1-11(2,9-13)8-10-6-4-5-7-12(10)3/h10,13H,4-9H2,1-3H3. The summed E-state index contributed by atoms with van der Waals surface area (Å²) in [7, 11) is 2.21. The van der Waals surface area contributed by atoms with Crippen LogP contribution in [0.4, 0.5) is 0 Å². The molecule has 1 saturated heterocycles. The molecule has 0 aromatic carbocycles. The molecule has 1 atom stereocenters. The molecular formula is C11H23NO. The molecule has 0 bridgehead atoms. The molecule has 78 valence electrons.